The molecule has 0 radical (unpaired) electrons. The number of carbonyl (C=O) groups is 2. The van der Waals surface area contributed by atoms with Gasteiger partial charge in [-0.25, -0.2) is 18.4 Å². The van der Waals surface area contributed by atoms with Gasteiger partial charge in [-0.3, -0.25) is 0 Å². The van der Waals surface area contributed by atoms with E-state index in [0.29, 0.717) is 6.42 Å². The number of carbonyl (C=O) groups excluding carboxylic acids is 1. The second-order valence-electron chi connectivity index (χ2n) is 4.68. The molecule has 1 heterocycles. The fourth-order valence-electron chi connectivity index (χ4n) is 2.22. The number of carboxylic acids is 1. The summed E-state index contributed by atoms with van der Waals surface area (Å²) < 4.78 is 24.8. The fourth-order valence-corrected chi connectivity index (χ4v) is 2.22. The van der Waals surface area contributed by atoms with Crippen LogP contribution in [0.2, 0.25) is 0 Å². The zero-order valence-electron chi connectivity index (χ0n) is 10.7. The number of aliphatic hydroxyl groups excluding tert-OH is 1. The number of nitrogens with zero attached hydrogens (tertiary/aromatic N) is 2. The number of aliphatic carboxylic acids is 1. The number of alkyl halides is 2. The Morgan fingerprint density at radius 1 is 1.47 bits per heavy atom. The molecular formula is C11H18F2N2O4. The number of hydrogen-bond acceptors (Lipinski definition) is 3. The quantitative estimate of drug-likeness (QED) is 0.773. The summed E-state index contributed by atoms with van der Waals surface area (Å²) >= 11 is 0. The Labute approximate surface area is 109 Å². The van der Waals surface area contributed by atoms with E-state index in [-0.39, 0.29) is 19.5 Å². The molecule has 2 N–H and O–H groups in total. The van der Waals surface area contributed by atoms with E-state index in [9.17, 15) is 23.5 Å². The van der Waals surface area contributed by atoms with Crippen LogP contribution in [-0.2, 0) is 4.79 Å². The first-order valence-electron chi connectivity index (χ1n) is 6.02. The normalized spacial score (nSPS) is 22.9. The summed E-state index contributed by atoms with van der Waals surface area (Å²) in [6, 6.07) is -0.767. The lowest BCUT2D eigenvalue weighted by atomic mass is 10.00. The largest absolute Gasteiger partial charge is 0.480 e. The maximum Gasteiger partial charge on any atom is 0.329 e. The van der Waals surface area contributed by atoms with E-state index >= 15 is 0 Å². The van der Waals surface area contributed by atoms with Crippen LogP contribution in [0.4, 0.5) is 13.6 Å². The summed E-state index contributed by atoms with van der Waals surface area (Å²) in [6.07, 6.45) is -1.93. The minimum atomic E-state index is -2.73. The van der Waals surface area contributed by atoms with Gasteiger partial charge in [0.25, 0.3) is 6.43 Å². The first-order valence-corrected chi connectivity index (χ1v) is 6.02. The van der Waals surface area contributed by atoms with E-state index in [1.54, 1.807) is 0 Å². The van der Waals surface area contributed by atoms with Crippen LogP contribution in [-0.4, -0.2) is 70.2 Å². The van der Waals surface area contributed by atoms with E-state index in [1.165, 1.54) is 6.92 Å². The lowest BCUT2D eigenvalue weighted by molar-refractivity contribution is -0.147. The maximum atomic E-state index is 12.4. The second-order valence-corrected chi connectivity index (χ2v) is 4.68. The van der Waals surface area contributed by atoms with Crippen LogP contribution in [0.3, 0.4) is 0 Å². The number of urea groups is 1. The Balaban J connectivity index is 2.86. The molecule has 1 saturated heterocycles. The number of aliphatic hydroxyl groups is 1. The molecule has 19 heavy (non-hydrogen) atoms. The Kier molecular flexibility index (Phi) is 5.04. The molecule has 1 unspecified atom stereocenters. The van der Waals surface area contributed by atoms with Gasteiger partial charge in [-0.1, -0.05) is 0 Å². The van der Waals surface area contributed by atoms with Gasteiger partial charge in [0, 0.05) is 13.1 Å². The third-order valence-corrected chi connectivity index (χ3v) is 3.33. The summed E-state index contributed by atoms with van der Waals surface area (Å²) in [5.74, 6) is -1.15. The van der Waals surface area contributed by atoms with Crippen molar-refractivity contribution in [1.82, 2.24) is 9.80 Å². The molecule has 0 aromatic carbocycles. The highest BCUT2D eigenvalue weighted by molar-refractivity contribution is 5.86. The monoisotopic (exact) mass is 280 g/mol. The topological polar surface area (TPSA) is 81.1 Å². The molecule has 1 atom stereocenters. The van der Waals surface area contributed by atoms with E-state index < -0.39 is 37.1 Å². The van der Waals surface area contributed by atoms with Crippen molar-refractivity contribution in [1.29, 1.82) is 0 Å². The van der Waals surface area contributed by atoms with Crippen molar-refractivity contribution < 1.29 is 28.6 Å². The summed E-state index contributed by atoms with van der Waals surface area (Å²) in [7, 11) is 0. The highest BCUT2D eigenvalue weighted by atomic mass is 19.3. The van der Waals surface area contributed by atoms with Crippen molar-refractivity contribution in [2.75, 3.05) is 26.2 Å². The third kappa shape index (κ3) is 3.31. The van der Waals surface area contributed by atoms with Gasteiger partial charge >= 0.3 is 12.0 Å². The molecule has 0 bridgehead atoms. The van der Waals surface area contributed by atoms with Crippen molar-refractivity contribution in [2.24, 2.45) is 0 Å². The first kappa shape index (κ1) is 15.6. The Hall–Kier alpha value is -1.44. The minimum absolute atomic E-state index is 0.215. The highest BCUT2D eigenvalue weighted by Crippen LogP contribution is 2.30. The lowest BCUT2D eigenvalue weighted by Gasteiger charge is -2.35. The summed E-state index contributed by atoms with van der Waals surface area (Å²) in [4.78, 5) is 25.2. The standard InChI is InChI=1S/C11H18F2N2O4/c1-11(9(17)18)3-2-4-15(11)10(19)14(5-6-16)7-8(12)13/h8,16H,2-7H2,1H3,(H,17,18). The lowest BCUT2D eigenvalue weighted by Crippen LogP contribution is -2.56. The van der Waals surface area contributed by atoms with Crippen molar-refractivity contribution in [3.63, 3.8) is 0 Å². The number of amides is 2. The van der Waals surface area contributed by atoms with Crippen LogP contribution in [0, 0.1) is 0 Å². The number of carboxylic acid groups (broad SMARTS) is 1. The Morgan fingerprint density at radius 3 is 2.58 bits per heavy atom. The average Bonchev–Trinajstić information content (AvgIpc) is 2.70. The van der Waals surface area contributed by atoms with Crippen LogP contribution in [0.5, 0.6) is 0 Å². The molecule has 1 aliphatic rings. The zero-order chi connectivity index (χ0) is 14.6. The molecule has 0 spiro atoms. The number of rotatable bonds is 5. The molecule has 6 nitrogen and oxygen atoms in total. The highest BCUT2D eigenvalue weighted by Gasteiger charge is 2.47. The molecule has 0 aromatic heterocycles. The number of halogens is 2. The van der Waals surface area contributed by atoms with Gasteiger partial charge < -0.3 is 20.0 Å². The van der Waals surface area contributed by atoms with Crippen molar-refractivity contribution in [2.45, 2.75) is 31.7 Å². The summed E-state index contributed by atoms with van der Waals surface area (Å²) in [5, 5.41) is 18.0. The van der Waals surface area contributed by atoms with E-state index in [0.717, 1.165) is 9.80 Å². The van der Waals surface area contributed by atoms with Crippen LogP contribution in [0.25, 0.3) is 0 Å². The van der Waals surface area contributed by atoms with Gasteiger partial charge in [0.1, 0.15) is 5.54 Å². The number of hydrogen-bond donors (Lipinski definition) is 2. The van der Waals surface area contributed by atoms with Gasteiger partial charge in [0.05, 0.1) is 13.2 Å². The predicted octanol–water partition coefficient (Wildman–Crippen LogP) is 0.605. The first-order chi connectivity index (χ1) is 8.82. The molecule has 1 rings (SSSR count). The Morgan fingerprint density at radius 2 is 2.11 bits per heavy atom. The van der Waals surface area contributed by atoms with Gasteiger partial charge in [-0.15, -0.1) is 0 Å². The molecule has 0 aromatic rings. The molecule has 2 amide bonds. The van der Waals surface area contributed by atoms with Crippen LogP contribution >= 0.6 is 0 Å². The fraction of sp³-hybridized carbons (Fsp3) is 0.818. The third-order valence-electron chi connectivity index (χ3n) is 3.33. The summed E-state index contributed by atoms with van der Waals surface area (Å²) in [5.41, 5.74) is -1.37. The van der Waals surface area contributed by atoms with Crippen molar-refractivity contribution in [3.8, 4) is 0 Å². The zero-order valence-corrected chi connectivity index (χ0v) is 10.7. The molecule has 110 valence electrons. The molecule has 1 aliphatic heterocycles. The van der Waals surface area contributed by atoms with Gasteiger partial charge in [-0.2, -0.15) is 0 Å². The van der Waals surface area contributed by atoms with Gasteiger partial charge in [-0.05, 0) is 19.8 Å². The summed E-state index contributed by atoms with van der Waals surface area (Å²) in [6.45, 7) is 0.115. The molecule has 8 heteroatoms. The van der Waals surface area contributed by atoms with Crippen molar-refractivity contribution in [3.05, 3.63) is 0 Å². The maximum absolute atomic E-state index is 12.4. The minimum Gasteiger partial charge on any atom is -0.480 e. The SMILES string of the molecule is CC1(C(=O)O)CCCN1C(=O)N(CCO)CC(F)F. The van der Waals surface area contributed by atoms with Gasteiger partial charge in [0.15, 0.2) is 0 Å². The van der Waals surface area contributed by atoms with Crippen LogP contribution < -0.4 is 0 Å². The number of likely N-dealkylation sites (tertiary alicyclic amines) is 1. The van der Waals surface area contributed by atoms with Crippen LogP contribution in [0.1, 0.15) is 19.8 Å². The Bertz CT molecular complexity index is 354. The molecule has 0 saturated carbocycles. The van der Waals surface area contributed by atoms with E-state index in [4.69, 9.17) is 5.11 Å². The molecular weight excluding hydrogens is 262 g/mol. The molecule has 0 aliphatic carbocycles. The van der Waals surface area contributed by atoms with E-state index in [2.05, 4.69) is 0 Å². The van der Waals surface area contributed by atoms with Gasteiger partial charge in [0.2, 0.25) is 0 Å². The van der Waals surface area contributed by atoms with Crippen molar-refractivity contribution >= 4 is 12.0 Å². The van der Waals surface area contributed by atoms with Crippen LogP contribution in [0.15, 0.2) is 0 Å². The smallest absolute Gasteiger partial charge is 0.329 e. The second kappa shape index (κ2) is 6.14. The average molecular weight is 280 g/mol. The molecule has 1 fully saturated rings. The van der Waals surface area contributed by atoms with E-state index in [1.807, 2.05) is 0 Å². The predicted molar refractivity (Wildman–Crippen MR) is 62.0 cm³/mol.